The largest absolute Gasteiger partial charge is 0.412 e. The smallest absolute Gasteiger partial charge is 0.266 e. The molecule has 2 heterocycles. The number of hydrogen-bond donors (Lipinski definition) is 0. The van der Waals surface area contributed by atoms with Crippen molar-refractivity contribution in [2.24, 2.45) is 0 Å². The van der Waals surface area contributed by atoms with Gasteiger partial charge in [0.15, 0.2) is 0 Å². The van der Waals surface area contributed by atoms with Gasteiger partial charge in [0.2, 0.25) is 0 Å². The van der Waals surface area contributed by atoms with E-state index < -0.39 is 0 Å². The van der Waals surface area contributed by atoms with E-state index >= 15 is 0 Å². The van der Waals surface area contributed by atoms with E-state index in [0.717, 1.165) is 19.5 Å². The maximum atomic E-state index is 10.9. The van der Waals surface area contributed by atoms with Gasteiger partial charge in [-0.2, -0.15) is 0 Å². The SMILES string of the molecule is O.O=c1ccn2n1CCC2. The predicted molar refractivity (Wildman–Crippen MR) is 36.9 cm³/mol. The van der Waals surface area contributed by atoms with Gasteiger partial charge >= 0.3 is 0 Å². The molecule has 0 saturated heterocycles. The van der Waals surface area contributed by atoms with Gasteiger partial charge < -0.3 is 5.48 Å². The summed E-state index contributed by atoms with van der Waals surface area (Å²) in [6.45, 7) is 1.90. The Balaban J connectivity index is 0.000000500. The molecule has 0 atom stereocenters. The van der Waals surface area contributed by atoms with Crippen LogP contribution in [0.1, 0.15) is 6.42 Å². The lowest BCUT2D eigenvalue weighted by atomic mass is 10.4. The van der Waals surface area contributed by atoms with Crippen molar-refractivity contribution in [2.45, 2.75) is 19.5 Å². The zero-order valence-electron chi connectivity index (χ0n) is 5.58. The molecule has 0 fully saturated rings. The molecule has 0 spiro atoms. The minimum Gasteiger partial charge on any atom is -0.412 e. The van der Waals surface area contributed by atoms with Gasteiger partial charge in [-0.3, -0.25) is 14.2 Å². The Bertz CT molecular complexity index is 274. The number of aryl methyl sites for hydroxylation is 1. The fourth-order valence-corrected chi connectivity index (χ4v) is 1.26. The van der Waals surface area contributed by atoms with Crippen molar-refractivity contribution in [1.29, 1.82) is 0 Å². The molecule has 1 aromatic heterocycles. The molecule has 0 bridgehead atoms. The number of nitrogens with zero attached hydrogens (tertiary/aromatic N) is 2. The van der Waals surface area contributed by atoms with Crippen LogP contribution in [0.4, 0.5) is 0 Å². The highest BCUT2D eigenvalue weighted by atomic mass is 16.1. The van der Waals surface area contributed by atoms with Crippen LogP contribution in [-0.4, -0.2) is 14.8 Å². The molecule has 0 saturated carbocycles. The second-order valence-electron chi connectivity index (χ2n) is 2.29. The third-order valence-electron chi connectivity index (χ3n) is 1.71. The van der Waals surface area contributed by atoms with E-state index in [0.29, 0.717) is 0 Å². The van der Waals surface area contributed by atoms with Gasteiger partial charge in [-0.15, -0.1) is 0 Å². The Morgan fingerprint density at radius 3 is 2.90 bits per heavy atom. The zero-order valence-corrected chi connectivity index (χ0v) is 5.58. The minimum absolute atomic E-state index is 0. The first kappa shape index (κ1) is 7.08. The zero-order chi connectivity index (χ0) is 6.27. The Hall–Kier alpha value is -1.03. The highest BCUT2D eigenvalue weighted by Crippen LogP contribution is 2.00. The highest BCUT2D eigenvalue weighted by molar-refractivity contribution is 4.85. The van der Waals surface area contributed by atoms with Gasteiger partial charge in [-0.1, -0.05) is 0 Å². The summed E-state index contributed by atoms with van der Waals surface area (Å²) in [5, 5.41) is 0. The Morgan fingerprint density at radius 1 is 1.40 bits per heavy atom. The van der Waals surface area contributed by atoms with Crippen molar-refractivity contribution >= 4 is 0 Å². The first-order chi connectivity index (χ1) is 4.38. The maximum absolute atomic E-state index is 10.9. The summed E-state index contributed by atoms with van der Waals surface area (Å²) in [7, 11) is 0. The average molecular weight is 142 g/mol. The molecular formula is C6H10N2O2. The lowest BCUT2D eigenvalue weighted by Gasteiger charge is -1.94. The number of aromatic nitrogens is 2. The number of rotatable bonds is 0. The Morgan fingerprint density at radius 2 is 2.20 bits per heavy atom. The van der Waals surface area contributed by atoms with Crippen LogP contribution < -0.4 is 5.56 Å². The third-order valence-corrected chi connectivity index (χ3v) is 1.71. The minimum atomic E-state index is 0. The van der Waals surface area contributed by atoms with Gasteiger partial charge in [-0.25, -0.2) is 0 Å². The standard InChI is InChI=1S/C6H8N2O.H2O/c9-6-2-5-7-3-1-4-8(6)7;/h2,5H,1,3-4H2;1H2. The highest BCUT2D eigenvalue weighted by Gasteiger charge is 2.08. The molecule has 1 aromatic rings. The van der Waals surface area contributed by atoms with E-state index in [4.69, 9.17) is 0 Å². The fraction of sp³-hybridized carbons (Fsp3) is 0.500. The summed E-state index contributed by atoms with van der Waals surface area (Å²) in [5.74, 6) is 0. The van der Waals surface area contributed by atoms with Crippen molar-refractivity contribution in [3.8, 4) is 0 Å². The fourth-order valence-electron chi connectivity index (χ4n) is 1.26. The Labute approximate surface area is 58.0 Å². The van der Waals surface area contributed by atoms with Crippen LogP contribution in [0.3, 0.4) is 0 Å². The first-order valence-electron chi connectivity index (χ1n) is 3.14. The topological polar surface area (TPSA) is 58.4 Å². The van der Waals surface area contributed by atoms with Crippen LogP contribution in [0, 0.1) is 0 Å². The van der Waals surface area contributed by atoms with Gasteiger partial charge in [0.05, 0.1) is 0 Å². The van der Waals surface area contributed by atoms with E-state index in [-0.39, 0.29) is 11.0 Å². The van der Waals surface area contributed by atoms with Crippen LogP contribution in [0.5, 0.6) is 0 Å². The van der Waals surface area contributed by atoms with Crippen LogP contribution in [-0.2, 0) is 13.1 Å². The predicted octanol–water partition coefficient (Wildman–Crippen LogP) is -0.771. The van der Waals surface area contributed by atoms with Crippen molar-refractivity contribution in [3.05, 3.63) is 22.6 Å². The summed E-state index contributed by atoms with van der Waals surface area (Å²) in [6, 6.07) is 1.61. The van der Waals surface area contributed by atoms with E-state index in [2.05, 4.69) is 0 Å². The number of hydrogen-bond acceptors (Lipinski definition) is 1. The first-order valence-corrected chi connectivity index (χ1v) is 3.14. The summed E-state index contributed by atoms with van der Waals surface area (Å²) in [4.78, 5) is 10.9. The van der Waals surface area contributed by atoms with Crippen LogP contribution in [0.15, 0.2) is 17.1 Å². The average Bonchev–Trinajstić information content (AvgIpc) is 2.35. The molecule has 4 heteroatoms. The van der Waals surface area contributed by atoms with Gasteiger partial charge in [0.1, 0.15) is 0 Å². The lowest BCUT2D eigenvalue weighted by Crippen LogP contribution is -2.15. The van der Waals surface area contributed by atoms with E-state index in [9.17, 15) is 4.79 Å². The molecule has 2 rings (SSSR count). The quantitative estimate of drug-likeness (QED) is 0.469. The van der Waals surface area contributed by atoms with Gasteiger partial charge in [0, 0.05) is 25.4 Å². The molecule has 4 nitrogen and oxygen atoms in total. The second-order valence-corrected chi connectivity index (χ2v) is 2.29. The molecule has 10 heavy (non-hydrogen) atoms. The van der Waals surface area contributed by atoms with E-state index in [1.165, 1.54) is 0 Å². The summed E-state index contributed by atoms with van der Waals surface area (Å²) in [5.41, 5.74) is 0.132. The number of fused-ring (bicyclic) bond motifs is 1. The van der Waals surface area contributed by atoms with E-state index in [1.54, 1.807) is 10.7 Å². The van der Waals surface area contributed by atoms with Crippen molar-refractivity contribution in [2.75, 3.05) is 0 Å². The third kappa shape index (κ3) is 0.769. The monoisotopic (exact) mass is 142 g/mol. The molecule has 0 aliphatic carbocycles. The molecule has 2 N–H and O–H groups in total. The molecule has 0 radical (unpaired) electrons. The van der Waals surface area contributed by atoms with Gasteiger partial charge in [0.25, 0.3) is 5.56 Å². The second kappa shape index (κ2) is 2.30. The summed E-state index contributed by atoms with van der Waals surface area (Å²) >= 11 is 0. The maximum Gasteiger partial charge on any atom is 0.266 e. The molecular weight excluding hydrogens is 132 g/mol. The van der Waals surface area contributed by atoms with Crippen LogP contribution >= 0.6 is 0 Å². The lowest BCUT2D eigenvalue weighted by molar-refractivity contribution is 0.594. The van der Waals surface area contributed by atoms with Gasteiger partial charge in [-0.05, 0) is 6.42 Å². The van der Waals surface area contributed by atoms with Crippen molar-refractivity contribution in [3.63, 3.8) is 0 Å². The molecule has 0 amide bonds. The summed E-state index contributed by atoms with van der Waals surface area (Å²) < 4.78 is 3.72. The van der Waals surface area contributed by atoms with E-state index in [1.807, 2.05) is 10.9 Å². The summed E-state index contributed by atoms with van der Waals surface area (Å²) in [6.07, 6.45) is 2.95. The molecule has 1 aliphatic heterocycles. The van der Waals surface area contributed by atoms with Crippen LogP contribution in [0.25, 0.3) is 0 Å². The Kier molecular flexibility index (Phi) is 1.63. The van der Waals surface area contributed by atoms with Crippen LogP contribution in [0.2, 0.25) is 0 Å². The van der Waals surface area contributed by atoms with Crippen molar-refractivity contribution < 1.29 is 5.48 Å². The molecule has 0 unspecified atom stereocenters. The molecule has 56 valence electrons. The van der Waals surface area contributed by atoms with Crippen molar-refractivity contribution in [1.82, 2.24) is 9.36 Å². The molecule has 1 aliphatic rings. The molecule has 0 aromatic carbocycles. The normalized spacial score (nSPS) is 14.4.